The van der Waals surface area contributed by atoms with Crippen LogP contribution in [-0.2, 0) is 4.74 Å². The summed E-state index contributed by atoms with van der Waals surface area (Å²) in [4.78, 5) is 2.59. The van der Waals surface area contributed by atoms with Gasteiger partial charge in [-0.25, -0.2) is 0 Å². The molecule has 0 aromatic carbocycles. The largest absolute Gasteiger partial charge is 0.383 e. The molecule has 1 fully saturated rings. The number of rotatable bonds is 9. The van der Waals surface area contributed by atoms with Gasteiger partial charge in [0.15, 0.2) is 0 Å². The van der Waals surface area contributed by atoms with Crippen LogP contribution in [0.1, 0.15) is 40.0 Å². The molecule has 1 saturated carbocycles. The highest BCUT2D eigenvalue weighted by Crippen LogP contribution is 2.27. The molecule has 0 saturated heterocycles. The first-order valence-electron chi connectivity index (χ1n) is 7.13. The van der Waals surface area contributed by atoms with E-state index in [1.54, 1.807) is 7.11 Å². The highest BCUT2D eigenvalue weighted by Gasteiger charge is 2.24. The van der Waals surface area contributed by atoms with Crippen molar-refractivity contribution in [3.8, 4) is 0 Å². The normalized spacial score (nSPS) is 18.7. The van der Waals surface area contributed by atoms with Gasteiger partial charge in [-0.05, 0) is 25.3 Å². The zero-order valence-electron chi connectivity index (χ0n) is 12.0. The Morgan fingerprint density at radius 2 is 2.06 bits per heavy atom. The van der Waals surface area contributed by atoms with Crippen LogP contribution in [0.4, 0.5) is 0 Å². The molecule has 0 amide bonds. The Morgan fingerprint density at radius 3 is 2.47 bits per heavy atom. The van der Waals surface area contributed by atoms with E-state index < -0.39 is 0 Å². The lowest BCUT2D eigenvalue weighted by atomic mass is 9.85. The quantitative estimate of drug-likeness (QED) is 0.670. The van der Waals surface area contributed by atoms with Gasteiger partial charge in [0.2, 0.25) is 0 Å². The summed E-state index contributed by atoms with van der Waals surface area (Å²) >= 11 is 0. The van der Waals surface area contributed by atoms with Crippen molar-refractivity contribution in [2.24, 2.45) is 5.92 Å². The molecule has 0 radical (unpaired) electrons. The van der Waals surface area contributed by atoms with E-state index in [2.05, 4.69) is 31.0 Å². The van der Waals surface area contributed by atoms with E-state index in [1.165, 1.54) is 25.8 Å². The molecule has 0 heterocycles. The molecule has 0 aromatic rings. The molecule has 1 aliphatic carbocycles. The first-order chi connectivity index (χ1) is 8.17. The summed E-state index contributed by atoms with van der Waals surface area (Å²) in [7, 11) is 1.81. The van der Waals surface area contributed by atoms with E-state index in [-0.39, 0.29) is 0 Å². The van der Waals surface area contributed by atoms with Crippen molar-refractivity contribution in [3.63, 3.8) is 0 Å². The zero-order chi connectivity index (χ0) is 12.7. The van der Waals surface area contributed by atoms with Gasteiger partial charge in [-0.1, -0.05) is 27.2 Å². The van der Waals surface area contributed by atoms with Gasteiger partial charge in [0.05, 0.1) is 6.61 Å². The molecule has 1 unspecified atom stereocenters. The lowest BCUT2D eigenvalue weighted by Gasteiger charge is -2.37. The predicted octanol–water partition coefficient (Wildman–Crippen LogP) is 2.12. The molecule has 0 aliphatic heterocycles. The second kappa shape index (κ2) is 8.06. The lowest BCUT2D eigenvalue weighted by molar-refractivity contribution is 0.0692. The molecule has 3 heteroatoms. The van der Waals surface area contributed by atoms with E-state index >= 15 is 0 Å². The van der Waals surface area contributed by atoms with Crippen LogP contribution >= 0.6 is 0 Å². The summed E-state index contributed by atoms with van der Waals surface area (Å²) in [5.74, 6) is 0.938. The molecular formula is C14H30N2O. The Kier molecular flexibility index (Phi) is 7.09. The minimum Gasteiger partial charge on any atom is -0.383 e. The minimum absolute atomic E-state index is 0.521. The molecule has 17 heavy (non-hydrogen) atoms. The molecule has 0 aromatic heterocycles. The third-order valence-corrected chi connectivity index (χ3v) is 3.76. The zero-order valence-corrected chi connectivity index (χ0v) is 12.0. The lowest BCUT2D eigenvalue weighted by Crippen LogP contribution is -2.48. The number of nitrogens with zero attached hydrogens (tertiary/aromatic N) is 1. The summed E-state index contributed by atoms with van der Waals surface area (Å²) in [6.07, 6.45) is 4.28. The van der Waals surface area contributed by atoms with Gasteiger partial charge in [0, 0.05) is 32.3 Å². The first kappa shape index (κ1) is 14.9. The van der Waals surface area contributed by atoms with Gasteiger partial charge in [-0.2, -0.15) is 0 Å². The monoisotopic (exact) mass is 242 g/mol. The van der Waals surface area contributed by atoms with Crippen molar-refractivity contribution in [1.82, 2.24) is 10.2 Å². The highest BCUT2D eigenvalue weighted by atomic mass is 16.5. The Bertz CT molecular complexity index is 193. The summed E-state index contributed by atoms with van der Waals surface area (Å²) in [5.41, 5.74) is 0. The van der Waals surface area contributed by atoms with Gasteiger partial charge >= 0.3 is 0 Å². The van der Waals surface area contributed by atoms with Crippen LogP contribution in [0.5, 0.6) is 0 Å². The topological polar surface area (TPSA) is 24.5 Å². The molecular weight excluding hydrogens is 212 g/mol. The number of methoxy groups -OCH3 is 1. The molecule has 1 atom stereocenters. The average molecular weight is 242 g/mol. The number of hydrogen-bond acceptors (Lipinski definition) is 3. The number of ether oxygens (including phenoxy) is 1. The van der Waals surface area contributed by atoms with Crippen LogP contribution in [-0.4, -0.2) is 50.3 Å². The van der Waals surface area contributed by atoms with E-state index in [9.17, 15) is 0 Å². The van der Waals surface area contributed by atoms with Gasteiger partial charge < -0.3 is 10.1 Å². The average Bonchev–Trinajstić information content (AvgIpc) is 2.23. The molecule has 1 aliphatic rings. The summed E-state index contributed by atoms with van der Waals surface area (Å²) < 4.78 is 5.37. The van der Waals surface area contributed by atoms with Crippen LogP contribution < -0.4 is 5.32 Å². The van der Waals surface area contributed by atoms with Crippen LogP contribution in [0.2, 0.25) is 0 Å². The van der Waals surface area contributed by atoms with Crippen molar-refractivity contribution in [1.29, 1.82) is 0 Å². The summed E-state index contributed by atoms with van der Waals surface area (Å²) in [5, 5.41) is 3.53. The fourth-order valence-corrected chi connectivity index (χ4v) is 2.40. The van der Waals surface area contributed by atoms with Crippen molar-refractivity contribution < 1.29 is 4.74 Å². The maximum absolute atomic E-state index is 5.37. The van der Waals surface area contributed by atoms with Crippen LogP contribution in [0.15, 0.2) is 0 Å². The van der Waals surface area contributed by atoms with Crippen molar-refractivity contribution in [2.75, 3.05) is 33.4 Å². The molecule has 1 rings (SSSR count). The third kappa shape index (κ3) is 5.36. The fraction of sp³-hybridized carbons (Fsp3) is 1.00. The van der Waals surface area contributed by atoms with E-state index in [0.717, 1.165) is 25.6 Å². The van der Waals surface area contributed by atoms with Gasteiger partial charge in [-0.15, -0.1) is 0 Å². The fourth-order valence-electron chi connectivity index (χ4n) is 2.40. The molecule has 102 valence electrons. The Balaban J connectivity index is 2.39. The number of nitrogens with one attached hydrogen (secondary N) is 1. The van der Waals surface area contributed by atoms with E-state index in [4.69, 9.17) is 4.74 Å². The standard InChI is InChI=1S/C14H30N2O/c1-5-16(10-13-7-6-8-13)14(11-17-4)9-15-12(2)3/h12-15H,5-11H2,1-4H3. The second-order valence-electron chi connectivity index (χ2n) is 5.56. The second-order valence-corrected chi connectivity index (χ2v) is 5.56. The third-order valence-electron chi connectivity index (χ3n) is 3.76. The molecule has 1 N–H and O–H groups in total. The van der Waals surface area contributed by atoms with Crippen molar-refractivity contribution in [2.45, 2.75) is 52.1 Å². The molecule has 0 spiro atoms. The maximum Gasteiger partial charge on any atom is 0.0630 e. The number of hydrogen-bond donors (Lipinski definition) is 1. The van der Waals surface area contributed by atoms with Gasteiger partial charge in [-0.3, -0.25) is 4.90 Å². The van der Waals surface area contributed by atoms with Crippen molar-refractivity contribution in [3.05, 3.63) is 0 Å². The smallest absolute Gasteiger partial charge is 0.0630 e. The maximum atomic E-state index is 5.37. The van der Waals surface area contributed by atoms with Crippen molar-refractivity contribution >= 4 is 0 Å². The molecule has 0 bridgehead atoms. The first-order valence-corrected chi connectivity index (χ1v) is 7.13. The Hall–Kier alpha value is -0.120. The van der Waals surface area contributed by atoms with Crippen LogP contribution in [0, 0.1) is 5.92 Å². The Morgan fingerprint density at radius 1 is 1.35 bits per heavy atom. The van der Waals surface area contributed by atoms with E-state index in [0.29, 0.717) is 12.1 Å². The molecule has 3 nitrogen and oxygen atoms in total. The van der Waals surface area contributed by atoms with Crippen LogP contribution in [0.3, 0.4) is 0 Å². The van der Waals surface area contributed by atoms with Crippen LogP contribution in [0.25, 0.3) is 0 Å². The Labute approximate surface area is 107 Å². The van der Waals surface area contributed by atoms with Gasteiger partial charge in [0.1, 0.15) is 0 Å². The summed E-state index contributed by atoms with van der Waals surface area (Å²) in [6, 6.07) is 1.07. The highest BCUT2D eigenvalue weighted by molar-refractivity contribution is 4.79. The predicted molar refractivity (Wildman–Crippen MR) is 73.4 cm³/mol. The van der Waals surface area contributed by atoms with E-state index in [1.807, 2.05) is 0 Å². The summed E-state index contributed by atoms with van der Waals surface area (Å²) in [6.45, 7) is 10.9. The number of likely N-dealkylation sites (N-methyl/N-ethyl adjacent to an activating group) is 1. The minimum atomic E-state index is 0.521. The SMILES string of the molecule is CCN(CC1CCC1)C(CNC(C)C)COC. The van der Waals surface area contributed by atoms with Gasteiger partial charge in [0.25, 0.3) is 0 Å².